The lowest BCUT2D eigenvalue weighted by Gasteiger charge is -2.14. The van der Waals surface area contributed by atoms with E-state index >= 15 is 0 Å². The van der Waals surface area contributed by atoms with Gasteiger partial charge in [-0.05, 0) is 78.2 Å². The van der Waals surface area contributed by atoms with Crippen molar-refractivity contribution in [2.75, 3.05) is 42.9 Å². The van der Waals surface area contributed by atoms with Crippen molar-refractivity contribution < 1.29 is 40.5 Å². The van der Waals surface area contributed by atoms with Crippen LogP contribution >= 0.6 is 0 Å². The maximum absolute atomic E-state index is 12.5. The molecule has 0 saturated carbocycles. The number of nitrogens with two attached hydrogens (primary N) is 5. The van der Waals surface area contributed by atoms with Crippen LogP contribution in [0.3, 0.4) is 0 Å². The summed E-state index contributed by atoms with van der Waals surface area (Å²) >= 11 is 0. The maximum Gasteiger partial charge on any atom is 0.296 e. The molecule has 0 fully saturated rings. The highest BCUT2D eigenvalue weighted by atomic mass is 32.2. The van der Waals surface area contributed by atoms with E-state index in [2.05, 4.69) is 40.9 Å². The fourth-order valence-electron chi connectivity index (χ4n) is 5.45. The van der Waals surface area contributed by atoms with E-state index in [1.165, 1.54) is 87.0 Å². The van der Waals surface area contributed by atoms with Crippen LogP contribution in [0.4, 0.5) is 73.9 Å². The Labute approximate surface area is 340 Å². The molecular weight excluding hydrogens is 823 g/mol. The minimum absolute atomic E-state index is 0.134. The van der Waals surface area contributed by atoms with Gasteiger partial charge in [-0.15, -0.1) is 20.5 Å². The third kappa shape index (κ3) is 9.00. The average Bonchev–Trinajstić information content (AvgIpc) is 3.19. The smallest absolute Gasteiger partial charge is 0.296 e. The van der Waals surface area contributed by atoms with Crippen molar-refractivity contribution in [2.24, 2.45) is 40.9 Å². The molecule has 24 heteroatoms. The van der Waals surface area contributed by atoms with Gasteiger partial charge in [0.25, 0.3) is 20.2 Å². The highest BCUT2D eigenvalue weighted by molar-refractivity contribution is 7.86. The molecule has 22 nitrogen and oxygen atoms in total. The van der Waals surface area contributed by atoms with Gasteiger partial charge in [0, 0.05) is 12.1 Å². The molecule has 6 aromatic rings. The second-order valence-corrected chi connectivity index (χ2v) is 15.2. The minimum Gasteiger partial charge on any atom is -0.505 e. The topological polar surface area (TPSA) is 376 Å². The minimum atomic E-state index is -5.15. The van der Waals surface area contributed by atoms with Crippen LogP contribution in [0.2, 0.25) is 0 Å². The van der Waals surface area contributed by atoms with Gasteiger partial charge in [0.15, 0.2) is 5.75 Å². The summed E-state index contributed by atoms with van der Waals surface area (Å²) in [5.74, 6) is -0.231. The molecule has 0 aromatic heterocycles. The van der Waals surface area contributed by atoms with E-state index in [9.17, 15) is 31.0 Å². The van der Waals surface area contributed by atoms with E-state index in [0.29, 0.717) is 45.6 Å². The molecule has 60 heavy (non-hydrogen) atoms. The van der Waals surface area contributed by atoms with E-state index in [-0.39, 0.29) is 33.5 Å². The Kier molecular flexibility index (Phi) is 11.6. The summed E-state index contributed by atoms with van der Waals surface area (Å²) in [7, 11) is -7.38. The Morgan fingerprint density at radius 2 is 0.833 bits per heavy atom. The zero-order chi connectivity index (χ0) is 43.5. The van der Waals surface area contributed by atoms with Crippen LogP contribution in [0.25, 0.3) is 10.8 Å². The summed E-state index contributed by atoms with van der Waals surface area (Å²) in [6.45, 7) is 0. The van der Waals surface area contributed by atoms with E-state index in [4.69, 9.17) is 38.1 Å². The standard InChI is InChI=1S/C36H33N13O9S2/c1-57-28-15-26(22(37)13-24(28)39)46-42-18-3-7-20(8-4-18)44-48-34-30(59(51,52)53)11-17-12-31(60(54,55)56)35(36(50)32(17)33(34)41)49-45-21-9-5-19(6-10-21)43-47-27-16-29(58-2)25(40)14-23(27)38/h3-16,50H,37-41H2,1-2H3,(H,51,52,53)(H,54,55,56). The van der Waals surface area contributed by atoms with Crippen molar-refractivity contribution in [3.63, 3.8) is 0 Å². The molecule has 0 aliphatic heterocycles. The van der Waals surface area contributed by atoms with Crippen molar-refractivity contribution in [1.82, 2.24) is 0 Å². The fraction of sp³-hybridized carbons (Fsp3) is 0.0556. The number of methoxy groups -OCH3 is 2. The number of azo groups is 4. The highest BCUT2D eigenvalue weighted by Gasteiger charge is 2.28. The Morgan fingerprint density at radius 1 is 0.483 bits per heavy atom. The third-order valence-electron chi connectivity index (χ3n) is 8.40. The molecule has 0 saturated heterocycles. The van der Waals surface area contributed by atoms with Crippen LogP contribution in [0, 0.1) is 0 Å². The first kappa shape index (κ1) is 41.8. The summed E-state index contributed by atoms with van der Waals surface area (Å²) in [6.07, 6.45) is 0. The largest absolute Gasteiger partial charge is 0.505 e. The number of hydrogen-bond acceptors (Lipinski definition) is 20. The molecule has 0 heterocycles. The molecule has 6 rings (SSSR count). The summed E-state index contributed by atoms with van der Waals surface area (Å²) in [5.41, 5.74) is 30.8. The number of anilines is 5. The quantitative estimate of drug-likeness (QED) is 0.0324. The van der Waals surface area contributed by atoms with Crippen LogP contribution in [0.15, 0.2) is 136 Å². The number of hydrogen-bond donors (Lipinski definition) is 8. The fourth-order valence-corrected chi connectivity index (χ4v) is 6.78. The van der Waals surface area contributed by atoms with Crippen molar-refractivity contribution in [2.45, 2.75) is 9.79 Å². The molecule has 0 bridgehead atoms. The molecule has 13 N–H and O–H groups in total. The highest BCUT2D eigenvalue weighted by Crippen LogP contribution is 2.48. The number of phenols is 1. The molecule has 0 radical (unpaired) electrons. The van der Waals surface area contributed by atoms with E-state index in [1.807, 2.05) is 0 Å². The average molecular weight is 856 g/mol. The van der Waals surface area contributed by atoms with Crippen LogP contribution in [-0.4, -0.2) is 45.3 Å². The normalized spacial score (nSPS) is 12.4. The molecule has 0 spiro atoms. The summed E-state index contributed by atoms with van der Waals surface area (Å²) in [4.78, 5) is -1.87. The van der Waals surface area contributed by atoms with Gasteiger partial charge < -0.3 is 43.2 Å². The second-order valence-electron chi connectivity index (χ2n) is 12.4. The van der Waals surface area contributed by atoms with Crippen molar-refractivity contribution in [3.8, 4) is 17.2 Å². The lowest BCUT2D eigenvalue weighted by atomic mass is 10.1. The first-order valence-electron chi connectivity index (χ1n) is 16.8. The van der Waals surface area contributed by atoms with E-state index in [1.54, 1.807) is 0 Å². The van der Waals surface area contributed by atoms with Crippen LogP contribution in [0.1, 0.15) is 0 Å². The molecule has 0 atom stereocenters. The van der Waals surface area contributed by atoms with Crippen LogP contribution < -0.4 is 38.1 Å². The third-order valence-corrected chi connectivity index (χ3v) is 10.1. The predicted octanol–water partition coefficient (Wildman–Crippen LogP) is 8.63. The molecule has 6 aromatic carbocycles. The molecule has 0 aliphatic carbocycles. The Hall–Kier alpha value is -7.80. The van der Waals surface area contributed by atoms with Crippen molar-refractivity contribution in [1.29, 1.82) is 0 Å². The Bertz CT molecular complexity index is 2820. The number of nitrogen functional groups attached to an aromatic ring is 5. The van der Waals surface area contributed by atoms with Gasteiger partial charge >= 0.3 is 0 Å². The molecule has 0 amide bonds. The first-order chi connectivity index (χ1) is 28.4. The van der Waals surface area contributed by atoms with Crippen molar-refractivity contribution in [3.05, 3.63) is 84.9 Å². The Morgan fingerprint density at radius 3 is 1.20 bits per heavy atom. The summed E-state index contributed by atoms with van der Waals surface area (Å²) < 4.78 is 80.6. The SMILES string of the molecule is COc1cc(N=Nc2ccc(N=Nc3c(S(=O)(=O)O)cc4cc(S(=O)(=O)O)c(N=Nc5ccc(N=Nc6cc(OC)c(N)cc6N)cc5)c(O)c4c3N)cc2)c(N)cc1N. The van der Waals surface area contributed by atoms with Crippen molar-refractivity contribution >= 4 is 105 Å². The maximum atomic E-state index is 12.5. The van der Waals surface area contributed by atoms with Gasteiger partial charge in [0.05, 0.1) is 70.8 Å². The predicted molar refractivity (Wildman–Crippen MR) is 223 cm³/mol. The molecular formula is C36H33N13O9S2. The number of ether oxygens (including phenoxy) is 2. The molecule has 0 aliphatic rings. The van der Waals surface area contributed by atoms with E-state index in [0.717, 1.165) is 12.1 Å². The van der Waals surface area contributed by atoms with Crippen LogP contribution in [-0.2, 0) is 20.2 Å². The van der Waals surface area contributed by atoms with Gasteiger partial charge in [0.1, 0.15) is 44.0 Å². The summed E-state index contributed by atoms with van der Waals surface area (Å²) in [6, 6.07) is 19.3. The molecule has 0 unspecified atom stereocenters. The van der Waals surface area contributed by atoms with E-state index < -0.39 is 52.8 Å². The first-order valence-corrected chi connectivity index (χ1v) is 19.7. The second kappa shape index (κ2) is 16.6. The van der Waals surface area contributed by atoms with Gasteiger partial charge in [-0.2, -0.15) is 37.3 Å². The number of fused-ring (bicyclic) bond motifs is 1. The molecule has 308 valence electrons. The lowest BCUT2D eigenvalue weighted by molar-refractivity contribution is 0.417. The van der Waals surface area contributed by atoms with Gasteiger partial charge in [-0.3, -0.25) is 9.11 Å². The summed E-state index contributed by atoms with van der Waals surface area (Å²) in [5, 5.41) is 43.0. The number of rotatable bonds is 12. The number of nitrogens with zero attached hydrogens (tertiary/aromatic N) is 8. The number of benzene rings is 6. The zero-order valence-electron chi connectivity index (χ0n) is 31.2. The van der Waals surface area contributed by atoms with Gasteiger partial charge in [-0.25, -0.2) is 0 Å². The number of aromatic hydroxyl groups is 1. The lowest BCUT2D eigenvalue weighted by Crippen LogP contribution is -2.03. The number of phenolic OH excluding ortho intramolecular Hbond substituents is 1. The zero-order valence-corrected chi connectivity index (χ0v) is 32.8. The van der Waals surface area contributed by atoms with Gasteiger partial charge in [0.2, 0.25) is 0 Å². The Balaban J connectivity index is 1.33. The monoisotopic (exact) mass is 855 g/mol. The van der Waals surface area contributed by atoms with Crippen LogP contribution in [0.5, 0.6) is 17.2 Å². The van der Waals surface area contributed by atoms with Gasteiger partial charge in [-0.1, -0.05) is 0 Å².